The van der Waals surface area contributed by atoms with E-state index in [9.17, 15) is 0 Å². The van der Waals surface area contributed by atoms with Crippen LogP contribution in [0.5, 0.6) is 11.5 Å². The second-order valence-corrected chi connectivity index (χ2v) is 5.43. The number of benzene rings is 2. The Morgan fingerprint density at radius 2 is 1.78 bits per heavy atom. The van der Waals surface area contributed by atoms with E-state index < -0.39 is 0 Å². The Bertz CT molecular complexity index is 1060. The van der Waals surface area contributed by atoms with E-state index in [4.69, 9.17) is 14.5 Å². The van der Waals surface area contributed by atoms with Gasteiger partial charge in [-0.1, -0.05) is 30.3 Å². The highest BCUT2D eigenvalue weighted by Crippen LogP contribution is 2.39. The molecule has 2 aromatic carbocycles. The first-order chi connectivity index (χ1) is 11.3. The van der Waals surface area contributed by atoms with E-state index >= 15 is 0 Å². The summed E-state index contributed by atoms with van der Waals surface area (Å²) in [5, 5.41) is 9.31. The van der Waals surface area contributed by atoms with Crippen molar-refractivity contribution in [3.63, 3.8) is 0 Å². The van der Waals surface area contributed by atoms with Crippen LogP contribution < -0.4 is 9.47 Å². The van der Waals surface area contributed by atoms with Gasteiger partial charge in [-0.25, -0.2) is 4.98 Å². The molecule has 5 rings (SSSR count). The number of hydrogen-bond donors (Lipinski definition) is 0. The standard InChI is InChI=1S/C17H12N4O2/c1-10-19-20-17-18-16(11-5-3-2-4-6-11)12-7-14-15(23-9-22-14)8-13(12)21(10)17/h2-8H,9H2,1H3. The molecular weight excluding hydrogens is 292 g/mol. The fourth-order valence-electron chi connectivity index (χ4n) is 2.99. The quantitative estimate of drug-likeness (QED) is 0.541. The van der Waals surface area contributed by atoms with E-state index in [-0.39, 0.29) is 6.79 Å². The van der Waals surface area contributed by atoms with Crippen molar-refractivity contribution >= 4 is 16.7 Å². The van der Waals surface area contributed by atoms with Gasteiger partial charge < -0.3 is 9.47 Å². The van der Waals surface area contributed by atoms with Crippen LogP contribution in [-0.4, -0.2) is 26.4 Å². The van der Waals surface area contributed by atoms with Crippen molar-refractivity contribution in [1.82, 2.24) is 19.6 Å². The van der Waals surface area contributed by atoms with Crippen molar-refractivity contribution in [2.24, 2.45) is 0 Å². The zero-order chi connectivity index (χ0) is 15.4. The highest BCUT2D eigenvalue weighted by Gasteiger charge is 2.20. The molecule has 0 bridgehead atoms. The Kier molecular flexibility index (Phi) is 2.38. The van der Waals surface area contributed by atoms with Crippen LogP contribution in [0.25, 0.3) is 27.9 Å². The number of rotatable bonds is 1. The van der Waals surface area contributed by atoms with Gasteiger partial charge in [0.15, 0.2) is 11.5 Å². The van der Waals surface area contributed by atoms with Crippen molar-refractivity contribution in [1.29, 1.82) is 0 Å². The predicted molar refractivity (Wildman–Crippen MR) is 84.6 cm³/mol. The van der Waals surface area contributed by atoms with Crippen LogP contribution in [0.3, 0.4) is 0 Å². The minimum absolute atomic E-state index is 0.240. The molecule has 0 radical (unpaired) electrons. The summed E-state index contributed by atoms with van der Waals surface area (Å²) in [7, 11) is 0. The van der Waals surface area contributed by atoms with Crippen LogP contribution in [-0.2, 0) is 0 Å². The Morgan fingerprint density at radius 1 is 1.00 bits per heavy atom. The molecule has 4 aromatic rings. The van der Waals surface area contributed by atoms with E-state index in [0.29, 0.717) is 5.78 Å². The van der Waals surface area contributed by atoms with E-state index in [1.54, 1.807) is 0 Å². The molecule has 112 valence electrons. The summed E-state index contributed by atoms with van der Waals surface area (Å²) in [5.74, 6) is 2.84. The van der Waals surface area contributed by atoms with Gasteiger partial charge in [0.1, 0.15) is 5.82 Å². The predicted octanol–water partition coefficient (Wildman–Crippen LogP) is 2.98. The summed E-state index contributed by atoms with van der Waals surface area (Å²) >= 11 is 0. The smallest absolute Gasteiger partial charge is 0.256 e. The summed E-state index contributed by atoms with van der Waals surface area (Å²) in [6, 6.07) is 14.0. The number of nitrogens with zero attached hydrogens (tertiary/aromatic N) is 4. The van der Waals surface area contributed by atoms with Gasteiger partial charge in [0.05, 0.1) is 11.2 Å². The summed E-state index contributed by atoms with van der Waals surface area (Å²) in [5.41, 5.74) is 2.85. The number of aromatic nitrogens is 4. The number of hydrogen-bond acceptors (Lipinski definition) is 5. The third kappa shape index (κ3) is 1.72. The van der Waals surface area contributed by atoms with Crippen molar-refractivity contribution in [3.8, 4) is 22.8 Å². The lowest BCUT2D eigenvalue weighted by atomic mass is 10.1. The Labute approximate surface area is 131 Å². The van der Waals surface area contributed by atoms with Crippen LogP contribution in [0.4, 0.5) is 0 Å². The second-order valence-electron chi connectivity index (χ2n) is 5.43. The number of aryl methyl sites for hydroxylation is 1. The SMILES string of the molecule is Cc1nnc2nc(-c3ccccc3)c3cc4c(cc3n12)OCO4. The van der Waals surface area contributed by atoms with Crippen LogP contribution in [0.1, 0.15) is 5.82 Å². The minimum Gasteiger partial charge on any atom is -0.454 e. The fraction of sp³-hybridized carbons (Fsp3) is 0.118. The van der Waals surface area contributed by atoms with Crippen LogP contribution >= 0.6 is 0 Å². The molecule has 0 amide bonds. The topological polar surface area (TPSA) is 61.5 Å². The normalized spacial score (nSPS) is 13.1. The molecule has 1 aliphatic heterocycles. The van der Waals surface area contributed by atoms with Crippen LogP contribution in [0, 0.1) is 6.92 Å². The minimum atomic E-state index is 0.240. The number of ether oxygens (including phenoxy) is 2. The zero-order valence-electron chi connectivity index (χ0n) is 12.4. The van der Waals surface area contributed by atoms with E-state index in [0.717, 1.165) is 39.5 Å². The fourth-order valence-corrected chi connectivity index (χ4v) is 2.99. The molecule has 2 aromatic heterocycles. The molecule has 0 unspecified atom stereocenters. The van der Waals surface area contributed by atoms with Gasteiger partial charge in [-0.3, -0.25) is 4.40 Å². The Hall–Kier alpha value is -3.15. The summed E-state index contributed by atoms with van der Waals surface area (Å²) in [6.45, 7) is 2.15. The highest BCUT2D eigenvalue weighted by molar-refractivity contribution is 5.96. The van der Waals surface area contributed by atoms with E-state index in [1.165, 1.54) is 0 Å². The third-order valence-electron chi connectivity index (χ3n) is 4.05. The van der Waals surface area contributed by atoms with E-state index in [1.807, 2.05) is 53.8 Å². The molecule has 23 heavy (non-hydrogen) atoms. The lowest BCUT2D eigenvalue weighted by Crippen LogP contribution is -1.97. The van der Waals surface area contributed by atoms with Gasteiger partial charge in [-0.2, -0.15) is 0 Å². The first-order valence-electron chi connectivity index (χ1n) is 7.32. The molecule has 6 heteroatoms. The average Bonchev–Trinajstić information content (AvgIpc) is 3.19. The maximum absolute atomic E-state index is 5.53. The number of fused-ring (bicyclic) bond motifs is 4. The average molecular weight is 304 g/mol. The monoisotopic (exact) mass is 304 g/mol. The molecule has 0 N–H and O–H groups in total. The third-order valence-corrected chi connectivity index (χ3v) is 4.05. The van der Waals surface area contributed by atoms with Gasteiger partial charge in [-0.15, -0.1) is 10.2 Å². The van der Waals surface area contributed by atoms with Gasteiger partial charge in [-0.05, 0) is 13.0 Å². The highest BCUT2D eigenvalue weighted by atomic mass is 16.7. The van der Waals surface area contributed by atoms with Crippen molar-refractivity contribution in [3.05, 3.63) is 48.3 Å². The van der Waals surface area contributed by atoms with Gasteiger partial charge in [0.25, 0.3) is 5.78 Å². The Morgan fingerprint density at radius 3 is 2.61 bits per heavy atom. The molecule has 0 saturated carbocycles. The second kappa shape index (κ2) is 4.42. The van der Waals surface area contributed by atoms with Crippen molar-refractivity contribution < 1.29 is 9.47 Å². The van der Waals surface area contributed by atoms with Gasteiger partial charge in [0.2, 0.25) is 6.79 Å². The molecule has 0 fully saturated rings. The molecule has 3 heterocycles. The molecule has 0 atom stereocenters. The summed E-state index contributed by atoms with van der Waals surface area (Å²) in [6.07, 6.45) is 0. The van der Waals surface area contributed by atoms with Crippen LogP contribution in [0.15, 0.2) is 42.5 Å². The first kappa shape index (κ1) is 12.4. The lowest BCUT2D eigenvalue weighted by Gasteiger charge is -2.10. The first-order valence-corrected chi connectivity index (χ1v) is 7.32. The maximum Gasteiger partial charge on any atom is 0.256 e. The van der Waals surface area contributed by atoms with Crippen molar-refractivity contribution in [2.45, 2.75) is 6.92 Å². The lowest BCUT2D eigenvalue weighted by molar-refractivity contribution is 0.174. The van der Waals surface area contributed by atoms with Crippen LogP contribution in [0.2, 0.25) is 0 Å². The van der Waals surface area contributed by atoms with E-state index in [2.05, 4.69) is 10.2 Å². The molecule has 1 aliphatic rings. The zero-order valence-corrected chi connectivity index (χ0v) is 12.4. The summed E-state index contributed by atoms with van der Waals surface area (Å²) in [4.78, 5) is 4.71. The Balaban J connectivity index is 1.97. The largest absolute Gasteiger partial charge is 0.454 e. The molecule has 6 nitrogen and oxygen atoms in total. The molecule has 0 spiro atoms. The van der Waals surface area contributed by atoms with Gasteiger partial charge >= 0.3 is 0 Å². The molecular formula is C17H12N4O2. The molecule has 0 saturated heterocycles. The molecule has 0 aliphatic carbocycles. The van der Waals surface area contributed by atoms with Crippen molar-refractivity contribution in [2.75, 3.05) is 6.79 Å². The van der Waals surface area contributed by atoms with Gasteiger partial charge in [0, 0.05) is 17.0 Å². The maximum atomic E-state index is 5.53. The summed E-state index contributed by atoms with van der Waals surface area (Å²) < 4.78 is 13.0.